The molecule has 0 saturated carbocycles. The molecule has 0 bridgehead atoms. The molecule has 90 valence electrons. The standard InChI is InChI=1S/C10H18N2O2SSi/c1-14-9-7-6-8-11-10(9)15(2,13)12-16(3,4)5/h6-8H,1-5H3. The molecular formula is C10H18N2O2SSi. The molecule has 0 aliphatic heterocycles. The molecule has 6 heteroatoms. The first kappa shape index (κ1) is 13.2. The zero-order chi connectivity index (χ0) is 12.4. The lowest BCUT2D eigenvalue weighted by molar-refractivity contribution is 0.399. The van der Waals surface area contributed by atoms with Gasteiger partial charge in [-0.2, -0.15) is 0 Å². The van der Waals surface area contributed by atoms with Crippen molar-refractivity contribution in [3.63, 3.8) is 0 Å². The van der Waals surface area contributed by atoms with Gasteiger partial charge in [-0.15, -0.1) is 0 Å². The molecule has 1 rings (SSSR count). The van der Waals surface area contributed by atoms with Gasteiger partial charge in [0.15, 0.2) is 19.0 Å². The molecule has 0 saturated heterocycles. The second-order valence-corrected chi connectivity index (χ2v) is 11.6. The van der Waals surface area contributed by atoms with E-state index < -0.39 is 18.0 Å². The minimum atomic E-state index is -2.46. The van der Waals surface area contributed by atoms with E-state index in [0.717, 1.165) is 0 Å². The van der Waals surface area contributed by atoms with Gasteiger partial charge in [0.2, 0.25) is 0 Å². The van der Waals surface area contributed by atoms with Crippen LogP contribution in [-0.4, -0.2) is 30.8 Å². The molecule has 0 amide bonds. The summed E-state index contributed by atoms with van der Waals surface area (Å²) in [4.78, 5) is 4.13. The van der Waals surface area contributed by atoms with E-state index in [4.69, 9.17) is 4.74 Å². The number of hydrogen-bond acceptors (Lipinski definition) is 4. The Morgan fingerprint density at radius 1 is 1.44 bits per heavy atom. The number of rotatable bonds is 3. The van der Waals surface area contributed by atoms with Crippen LogP contribution in [0.1, 0.15) is 0 Å². The molecule has 4 nitrogen and oxygen atoms in total. The first-order valence-electron chi connectivity index (χ1n) is 4.98. The van der Waals surface area contributed by atoms with Crippen LogP contribution >= 0.6 is 0 Å². The number of ether oxygens (including phenoxy) is 1. The molecule has 0 radical (unpaired) electrons. The van der Waals surface area contributed by atoms with Crippen molar-refractivity contribution >= 4 is 18.0 Å². The number of aromatic nitrogens is 1. The summed E-state index contributed by atoms with van der Waals surface area (Å²) in [5.74, 6) is 0.539. The van der Waals surface area contributed by atoms with Crippen molar-refractivity contribution in [3.8, 4) is 5.75 Å². The van der Waals surface area contributed by atoms with Crippen LogP contribution in [0.15, 0.2) is 27.4 Å². The topological polar surface area (TPSA) is 51.5 Å². The quantitative estimate of drug-likeness (QED) is 0.782. The zero-order valence-corrected chi connectivity index (χ0v) is 12.2. The fourth-order valence-electron chi connectivity index (χ4n) is 1.38. The highest BCUT2D eigenvalue weighted by Gasteiger charge is 2.20. The summed E-state index contributed by atoms with van der Waals surface area (Å²) in [6.07, 6.45) is 3.23. The third-order valence-electron chi connectivity index (χ3n) is 1.76. The van der Waals surface area contributed by atoms with Gasteiger partial charge in [0, 0.05) is 12.5 Å². The molecule has 1 aromatic rings. The molecule has 0 spiro atoms. The molecule has 0 aliphatic carbocycles. The van der Waals surface area contributed by atoms with Gasteiger partial charge in [0.05, 0.1) is 16.8 Å². The molecule has 1 heterocycles. The van der Waals surface area contributed by atoms with E-state index in [2.05, 4.69) is 9.01 Å². The van der Waals surface area contributed by atoms with Crippen LogP contribution in [0, 0.1) is 0 Å². The minimum Gasteiger partial charge on any atom is -0.494 e. The van der Waals surface area contributed by atoms with Crippen molar-refractivity contribution in [2.24, 2.45) is 4.03 Å². The van der Waals surface area contributed by atoms with Gasteiger partial charge >= 0.3 is 0 Å². The number of nitrogens with zero attached hydrogens (tertiary/aromatic N) is 2. The van der Waals surface area contributed by atoms with Gasteiger partial charge in [-0.3, -0.25) is 4.03 Å². The molecule has 16 heavy (non-hydrogen) atoms. The largest absolute Gasteiger partial charge is 0.494 e. The molecule has 0 aliphatic rings. The highest BCUT2D eigenvalue weighted by molar-refractivity contribution is 7.93. The first-order valence-corrected chi connectivity index (χ1v) is 10.4. The lowest BCUT2D eigenvalue weighted by Gasteiger charge is -2.14. The average molecular weight is 258 g/mol. The Labute approximate surface area is 98.3 Å². The minimum absolute atomic E-state index is 0.444. The van der Waals surface area contributed by atoms with Gasteiger partial charge in [-0.05, 0) is 31.8 Å². The predicted molar refractivity (Wildman–Crippen MR) is 68.9 cm³/mol. The molecule has 0 aromatic carbocycles. The number of methoxy groups -OCH3 is 1. The Kier molecular flexibility index (Phi) is 3.74. The Hall–Kier alpha value is -0.883. The number of hydrogen-bond donors (Lipinski definition) is 0. The van der Waals surface area contributed by atoms with Gasteiger partial charge in [0.25, 0.3) is 0 Å². The van der Waals surface area contributed by atoms with E-state index in [0.29, 0.717) is 10.8 Å². The summed E-state index contributed by atoms with van der Waals surface area (Å²) in [6, 6.07) is 3.51. The SMILES string of the molecule is COc1cccnc1S(C)(=O)=N[Si](C)(C)C. The lowest BCUT2D eigenvalue weighted by Crippen LogP contribution is -2.20. The fourth-order valence-corrected chi connectivity index (χ4v) is 6.69. The maximum atomic E-state index is 12.5. The lowest BCUT2D eigenvalue weighted by atomic mass is 10.5. The highest BCUT2D eigenvalue weighted by atomic mass is 32.2. The summed E-state index contributed by atoms with van der Waals surface area (Å²) < 4.78 is 22.1. The average Bonchev–Trinajstić information content (AvgIpc) is 2.14. The normalized spacial score (nSPS) is 15.3. The molecule has 1 atom stereocenters. The number of pyridine rings is 1. The van der Waals surface area contributed by atoms with Crippen LogP contribution in [-0.2, 0) is 9.73 Å². The van der Waals surface area contributed by atoms with Crippen molar-refractivity contribution < 1.29 is 8.95 Å². The van der Waals surface area contributed by atoms with Crippen LogP contribution in [0.3, 0.4) is 0 Å². The second-order valence-electron chi connectivity index (χ2n) is 4.58. The van der Waals surface area contributed by atoms with Crippen LogP contribution in [0.4, 0.5) is 0 Å². The van der Waals surface area contributed by atoms with Gasteiger partial charge in [-0.1, -0.05) is 0 Å². The maximum absolute atomic E-state index is 12.5. The molecular weight excluding hydrogens is 240 g/mol. The van der Waals surface area contributed by atoms with E-state index in [1.807, 2.05) is 19.6 Å². The van der Waals surface area contributed by atoms with E-state index >= 15 is 0 Å². The fraction of sp³-hybridized carbons (Fsp3) is 0.500. The first-order chi connectivity index (χ1) is 7.26. The van der Waals surface area contributed by atoms with E-state index in [1.165, 1.54) is 0 Å². The van der Waals surface area contributed by atoms with Crippen LogP contribution < -0.4 is 4.74 Å². The van der Waals surface area contributed by atoms with Gasteiger partial charge in [-0.25, -0.2) is 9.19 Å². The summed E-state index contributed by atoms with van der Waals surface area (Å²) in [7, 11) is -2.67. The zero-order valence-electron chi connectivity index (χ0n) is 10.4. The third-order valence-corrected chi connectivity index (χ3v) is 6.37. The molecule has 0 fully saturated rings. The molecule has 1 unspecified atom stereocenters. The van der Waals surface area contributed by atoms with Crippen LogP contribution in [0.5, 0.6) is 5.75 Å². The van der Waals surface area contributed by atoms with Crippen molar-refractivity contribution in [3.05, 3.63) is 18.3 Å². The van der Waals surface area contributed by atoms with E-state index in [-0.39, 0.29) is 0 Å². The van der Waals surface area contributed by atoms with Crippen molar-refractivity contribution in [1.29, 1.82) is 0 Å². The summed E-state index contributed by atoms with van der Waals surface area (Å²) in [5, 5.41) is 0.444. The summed E-state index contributed by atoms with van der Waals surface area (Å²) >= 11 is 0. The maximum Gasteiger partial charge on any atom is 0.185 e. The van der Waals surface area contributed by atoms with Crippen molar-refractivity contribution in [1.82, 2.24) is 4.98 Å². The second kappa shape index (κ2) is 4.55. The van der Waals surface area contributed by atoms with Gasteiger partial charge < -0.3 is 4.74 Å². The summed E-state index contributed by atoms with van der Waals surface area (Å²) in [5.41, 5.74) is 0. The Balaban J connectivity index is 3.39. The van der Waals surface area contributed by atoms with Crippen LogP contribution in [0.25, 0.3) is 0 Å². The predicted octanol–water partition coefficient (Wildman–Crippen LogP) is 2.38. The monoisotopic (exact) mass is 258 g/mol. The van der Waals surface area contributed by atoms with E-state index in [9.17, 15) is 4.21 Å². The molecule has 1 aromatic heterocycles. The van der Waals surface area contributed by atoms with Crippen LogP contribution in [0.2, 0.25) is 19.6 Å². The van der Waals surface area contributed by atoms with Crippen molar-refractivity contribution in [2.75, 3.05) is 13.4 Å². The molecule has 0 N–H and O–H groups in total. The van der Waals surface area contributed by atoms with Gasteiger partial charge in [0.1, 0.15) is 0 Å². The summed E-state index contributed by atoms with van der Waals surface area (Å²) in [6.45, 7) is 6.14. The van der Waals surface area contributed by atoms with Crippen molar-refractivity contribution in [2.45, 2.75) is 24.7 Å². The third kappa shape index (κ3) is 3.31. The van der Waals surface area contributed by atoms with E-state index in [1.54, 1.807) is 31.7 Å². The smallest absolute Gasteiger partial charge is 0.185 e. The Morgan fingerprint density at radius 2 is 2.06 bits per heavy atom. The highest BCUT2D eigenvalue weighted by Crippen LogP contribution is 2.23. The Morgan fingerprint density at radius 3 is 2.56 bits per heavy atom. The Bertz CT molecular complexity index is 488.